The van der Waals surface area contributed by atoms with E-state index in [1.54, 1.807) is 30.3 Å². The fraction of sp³-hybridized carbons (Fsp3) is 0.0435. The lowest BCUT2D eigenvalue weighted by molar-refractivity contribution is -0.117. The summed E-state index contributed by atoms with van der Waals surface area (Å²) in [5.74, 6) is -2.61. The van der Waals surface area contributed by atoms with Crippen molar-refractivity contribution in [2.75, 3.05) is 4.90 Å². The number of anilines is 1. The number of hydrogen-bond donors (Lipinski definition) is 1. The maximum absolute atomic E-state index is 13.9. The van der Waals surface area contributed by atoms with Crippen LogP contribution in [0.3, 0.4) is 0 Å². The van der Waals surface area contributed by atoms with E-state index < -0.39 is 29.3 Å². The van der Waals surface area contributed by atoms with E-state index in [9.17, 15) is 19.1 Å². The maximum Gasteiger partial charge on any atom is 0.294 e. The van der Waals surface area contributed by atoms with Gasteiger partial charge in [-0.25, -0.2) is 4.39 Å². The molecule has 1 N–H and O–H groups in total. The number of aliphatic hydroxyl groups is 1. The van der Waals surface area contributed by atoms with Crippen molar-refractivity contribution in [3.8, 4) is 0 Å². The smallest absolute Gasteiger partial charge is 0.294 e. The van der Waals surface area contributed by atoms with Gasteiger partial charge in [0.25, 0.3) is 5.91 Å². The zero-order valence-electron chi connectivity index (χ0n) is 15.7. The van der Waals surface area contributed by atoms with Crippen LogP contribution >= 0.6 is 15.9 Å². The Morgan fingerprint density at radius 2 is 1.94 bits per heavy atom. The quantitative estimate of drug-likeness (QED) is 0.377. The average Bonchev–Trinajstić information content (AvgIpc) is 3.46. The molecule has 0 aliphatic carbocycles. The second-order valence-electron chi connectivity index (χ2n) is 6.96. The first-order chi connectivity index (χ1) is 14.9. The first-order valence-corrected chi connectivity index (χ1v) is 10.0. The lowest BCUT2D eigenvalue weighted by Crippen LogP contribution is -2.30. The zero-order chi connectivity index (χ0) is 21.7. The summed E-state index contributed by atoms with van der Waals surface area (Å²) in [4.78, 5) is 27.5. The molecular weight excluding hydrogens is 469 g/mol. The van der Waals surface area contributed by atoms with Gasteiger partial charge < -0.3 is 13.9 Å². The number of hydrogen-bond acceptors (Lipinski definition) is 5. The Morgan fingerprint density at radius 1 is 1.10 bits per heavy atom. The van der Waals surface area contributed by atoms with Gasteiger partial charge in [0.1, 0.15) is 23.2 Å². The summed E-state index contributed by atoms with van der Waals surface area (Å²) in [5, 5.41) is 11.3. The van der Waals surface area contributed by atoms with Crippen molar-refractivity contribution >= 4 is 44.3 Å². The van der Waals surface area contributed by atoms with Gasteiger partial charge in [0.15, 0.2) is 11.5 Å². The van der Waals surface area contributed by atoms with E-state index in [4.69, 9.17) is 8.83 Å². The molecule has 3 heterocycles. The molecule has 1 aliphatic heterocycles. The first-order valence-electron chi connectivity index (χ1n) is 9.23. The Morgan fingerprint density at radius 3 is 2.68 bits per heavy atom. The number of ketones is 1. The molecule has 31 heavy (non-hydrogen) atoms. The number of carbonyl (C=O) groups excluding carboxylic acids is 2. The summed E-state index contributed by atoms with van der Waals surface area (Å²) < 4.78 is 25.8. The molecule has 154 valence electrons. The predicted molar refractivity (Wildman–Crippen MR) is 113 cm³/mol. The maximum atomic E-state index is 13.9. The number of benzene rings is 2. The monoisotopic (exact) mass is 481 g/mol. The van der Waals surface area contributed by atoms with E-state index >= 15 is 0 Å². The highest BCUT2D eigenvalue weighted by atomic mass is 79.9. The number of fused-ring (bicyclic) bond motifs is 1. The second kappa shape index (κ2) is 7.24. The van der Waals surface area contributed by atoms with Gasteiger partial charge in [-0.2, -0.15) is 0 Å². The van der Waals surface area contributed by atoms with Crippen molar-refractivity contribution in [3.05, 3.63) is 100 Å². The van der Waals surface area contributed by atoms with Gasteiger partial charge in [0, 0.05) is 15.5 Å². The number of halogens is 2. The third kappa shape index (κ3) is 3.16. The highest BCUT2D eigenvalue weighted by Crippen LogP contribution is 2.42. The Kier molecular flexibility index (Phi) is 4.51. The molecule has 0 fully saturated rings. The van der Waals surface area contributed by atoms with E-state index in [0.29, 0.717) is 11.0 Å². The largest absolute Gasteiger partial charge is 0.503 e. The standard InChI is InChI=1S/C23H13BrFNO5/c24-13-6-7-16-12(9-13)10-18(31-16)21(27)19-20(17-5-2-8-30-17)26(23(29)22(19)28)15-4-1-3-14(25)11-15/h1-11,20,28H. The number of nitrogens with zero attached hydrogens (tertiary/aromatic N) is 1. The zero-order valence-corrected chi connectivity index (χ0v) is 17.3. The minimum absolute atomic E-state index is 0.0416. The Bertz CT molecular complexity index is 1370. The van der Waals surface area contributed by atoms with Crippen LogP contribution in [0.5, 0.6) is 0 Å². The molecule has 0 saturated heterocycles. The van der Waals surface area contributed by atoms with Gasteiger partial charge in [-0.05, 0) is 54.6 Å². The number of aliphatic hydroxyl groups excluding tert-OH is 1. The molecule has 5 rings (SSSR count). The van der Waals surface area contributed by atoms with E-state index in [-0.39, 0.29) is 22.8 Å². The Labute approximate surface area is 183 Å². The predicted octanol–water partition coefficient (Wildman–Crippen LogP) is 5.71. The Hall–Kier alpha value is -3.65. The third-order valence-electron chi connectivity index (χ3n) is 5.05. The van der Waals surface area contributed by atoms with Crippen LogP contribution in [0.25, 0.3) is 11.0 Å². The van der Waals surface area contributed by atoms with Crippen LogP contribution in [-0.4, -0.2) is 16.8 Å². The third-order valence-corrected chi connectivity index (χ3v) is 5.55. The molecule has 2 aromatic carbocycles. The normalized spacial score (nSPS) is 16.5. The molecule has 1 unspecified atom stereocenters. The number of Topliss-reactive ketones (excluding diaryl/α,β-unsaturated/α-hetero) is 1. The highest BCUT2D eigenvalue weighted by Gasteiger charge is 2.46. The molecule has 0 spiro atoms. The Balaban J connectivity index is 1.64. The van der Waals surface area contributed by atoms with Crippen LogP contribution in [0, 0.1) is 5.82 Å². The van der Waals surface area contributed by atoms with Crippen LogP contribution < -0.4 is 4.90 Å². The molecule has 1 amide bonds. The van der Waals surface area contributed by atoms with Gasteiger partial charge in [-0.15, -0.1) is 0 Å². The van der Waals surface area contributed by atoms with E-state index in [2.05, 4.69) is 15.9 Å². The molecule has 0 bridgehead atoms. The highest BCUT2D eigenvalue weighted by molar-refractivity contribution is 9.10. The van der Waals surface area contributed by atoms with Crippen molar-refractivity contribution in [3.63, 3.8) is 0 Å². The molecule has 8 heteroatoms. The van der Waals surface area contributed by atoms with Crippen molar-refractivity contribution in [2.45, 2.75) is 6.04 Å². The molecule has 2 aromatic heterocycles. The molecule has 1 atom stereocenters. The van der Waals surface area contributed by atoms with Crippen molar-refractivity contribution in [1.29, 1.82) is 0 Å². The minimum Gasteiger partial charge on any atom is -0.503 e. The molecule has 0 radical (unpaired) electrons. The van der Waals surface area contributed by atoms with Gasteiger partial charge in [-0.1, -0.05) is 22.0 Å². The fourth-order valence-corrected chi connectivity index (χ4v) is 4.08. The second-order valence-corrected chi connectivity index (χ2v) is 7.87. The van der Waals surface area contributed by atoms with Crippen molar-refractivity contribution in [1.82, 2.24) is 0 Å². The summed E-state index contributed by atoms with van der Waals surface area (Å²) in [6.07, 6.45) is 1.39. The van der Waals surface area contributed by atoms with Crippen LogP contribution in [0.1, 0.15) is 22.4 Å². The summed E-state index contributed by atoms with van der Waals surface area (Å²) >= 11 is 3.37. The van der Waals surface area contributed by atoms with Gasteiger partial charge in [-0.3, -0.25) is 14.5 Å². The average molecular weight is 482 g/mol. The summed E-state index contributed by atoms with van der Waals surface area (Å²) in [6.45, 7) is 0. The molecule has 6 nitrogen and oxygen atoms in total. The van der Waals surface area contributed by atoms with Crippen LogP contribution in [0.15, 0.2) is 91.6 Å². The number of carbonyl (C=O) groups is 2. The lowest BCUT2D eigenvalue weighted by Gasteiger charge is -2.24. The fourth-order valence-electron chi connectivity index (χ4n) is 3.70. The van der Waals surface area contributed by atoms with E-state index in [1.165, 1.54) is 30.5 Å². The molecule has 0 saturated carbocycles. The van der Waals surface area contributed by atoms with Crippen LogP contribution in [0.2, 0.25) is 0 Å². The van der Waals surface area contributed by atoms with Gasteiger partial charge >= 0.3 is 0 Å². The van der Waals surface area contributed by atoms with E-state index in [1.807, 2.05) is 0 Å². The van der Waals surface area contributed by atoms with Crippen LogP contribution in [-0.2, 0) is 4.79 Å². The van der Waals surface area contributed by atoms with Crippen molar-refractivity contribution < 1.29 is 27.9 Å². The molecule has 1 aliphatic rings. The number of amides is 1. The summed E-state index contributed by atoms with van der Waals surface area (Å²) in [5.41, 5.74) is 0.448. The van der Waals surface area contributed by atoms with Gasteiger partial charge in [0.05, 0.1) is 11.8 Å². The SMILES string of the molecule is O=C(C1=C(O)C(=O)N(c2cccc(F)c2)C1c1ccco1)c1cc2cc(Br)ccc2o1. The molecular formula is C23H13BrFNO5. The number of rotatable bonds is 4. The first kappa shape index (κ1) is 19.3. The van der Waals surface area contributed by atoms with E-state index in [0.717, 1.165) is 15.4 Å². The lowest BCUT2D eigenvalue weighted by atomic mass is 9.99. The number of furan rings is 2. The van der Waals surface area contributed by atoms with Gasteiger partial charge in [0.2, 0.25) is 5.78 Å². The summed E-state index contributed by atoms with van der Waals surface area (Å²) in [6, 6.07) is 14.2. The van der Waals surface area contributed by atoms with Crippen LogP contribution in [0.4, 0.5) is 10.1 Å². The molecule has 4 aromatic rings. The topological polar surface area (TPSA) is 83.9 Å². The van der Waals surface area contributed by atoms with Crippen molar-refractivity contribution in [2.24, 2.45) is 0 Å². The minimum atomic E-state index is -1.09. The summed E-state index contributed by atoms with van der Waals surface area (Å²) in [7, 11) is 0.